The minimum Gasteiger partial charge on any atom is -0.465 e. The topological polar surface area (TPSA) is 68.5 Å². The lowest BCUT2D eigenvalue weighted by atomic mass is 10.1. The van der Waals surface area contributed by atoms with E-state index in [4.69, 9.17) is 9.72 Å². The fraction of sp³-hybridized carbons (Fsp3) is 0.0952. The van der Waals surface area contributed by atoms with Gasteiger partial charge in [0.1, 0.15) is 16.1 Å². The van der Waals surface area contributed by atoms with Gasteiger partial charge in [0.05, 0.1) is 18.9 Å². The van der Waals surface area contributed by atoms with Crippen LogP contribution >= 0.6 is 15.9 Å². The summed E-state index contributed by atoms with van der Waals surface area (Å²) >= 11 is 3.42. The molecule has 140 valence electrons. The molecule has 0 aliphatic heterocycles. The number of esters is 1. The predicted molar refractivity (Wildman–Crippen MR) is 112 cm³/mol. The lowest BCUT2D eigenvalue weighted by molar-refractivity contribution is 0.0601. The van der Waals surface area contributed by atoms with Gasteiger partial charge in [-0.15, -0.1) is 0 Å². The van der Waals surface area contributed by atoms with Crippen LogP contribution in [0.2, 0.25) is 0 Å². The molecule has 0 saturated carbocycles. The van der Waals surface area contributed by atoms with Gasteiger partial charge in [-0.25, -0.2) is 14.8 Å². The SMILES string of the molecule is COC(=O)c1cccc(Nc2c(-c3ccc(C)cc3)nc3cnc(Br)cn23)c1. The van der Waals surface area contributed by atoms with Gasteiger partial charge in [0.15, 0.2) is 5.65 Å². The van der Waals surface area contributed by atoms with Crippen LogP contribution in [0.5, 0.6) is 0 Å². The second-order valence-electron chi connectivity index (χ2n) is 6.31. The molecule has 4 rings (SSSR count). The van der Waals surface area contributed by atoms with Crippen LogP contribution in [-0.2, 0) is 4.74 Å². The third-order valence-corrected chi connectivity index (χ3v) is 4.76. The summed E-state index contributed by atoms with van der Waals surface area (Å²) in [6.45, 7) is 2.05. The summed E-state index contributed by atoms with van der Waals surface area (Å²) in [5.74, 6) is 0.400. The average molecular weight is 437 g/mol. The molecule has 2 aromatic heterocycles. The Kier molecular flexibility index (Phi) is 4.83. The number of ether oxygens (including phenoxy) is 1. The summed E-state index contributed by atoms with van der Waals surface area (Å²) in [4.78, 5) is 20.9. The first kappa shape index (κ1) is 18.2. The number of carbonyl (C=O) groups excluding carboxylic acids is 1. The molecule has 0 atom stereocenters. The summed E-state index contributed by atoms with van der Waals surface area (Å²) in [5, 5.41) is 3.40. The third kappa shape index (κ3) is 3.48. The number of hydrogen-bond acceptors (Lipinski definition) is 5. The Hall–Kier alpha value is -3.19. The van der Waals surface area contributed by atoms with Crippen LogP contribution in [0, 0.1) is 6.92 Å². The van der Waals surface area contributed by atoms with Crippen LogP contribution in [0.3, 0.4) is 0 Å². The standard InChI is InChI=1S/C21H17BrN4O2/c1-13-6-8-14(9-7-13)19-20(26-12-17(22)23-11-18(26)25-19)24-16-5-3-4-15(10-16)21(27)28-2/h3-12,24H,1-2H3. The largest absolute Gasteiger partial charge is 0.465 e. The van der Waals surface area contributed by atoms with Crippen molar-refractivity contribution in [2.75, 3.05) is 12.4 Å². The normalized spacial score (nSPS) is 10.8. The molecule has 0 aliphatic rings. The third-order valence-electron chi connectivity index (χ3n) is 4.35. The van der Waals surface area contributed by atoms with E-state index < -0.39 is 0 Å². The first-order chi connectivity index (χ1) is 13.5. The fourth-order valence-electron chi connectivity index (χ4n) is 2.94. The molecule has 0 spiro atoms. The Morgan fingerprint density at radius 3 is 2.71 bits per heavy atom. The first-order valence-corrected chi connectivity index (χ1v) is 9.40. The van der Waals surface area contributed by atoms with E-state index in [1.165, 1.54) is 12.7 Å². The van der Waals surface area contributed by atoms with Crippen LogP contribution in [0.4, 0.5) is 11.5 Å². The van der Waals surface area contributed by atoms with E-state index >= 15 is 0 Å². The highest BCUT2D eigenvalue weighted by molar-refractivity contribution is 9.10. The number of fused-ring (bicyclic) bond motifs is 1. The van der Waals surface area contributed by atoms with Crippen molar-refractivity contribution in [1.29, 1.82) is 0 Å². The highest BCUT2D eigenvalue weighted by Gasteiger charge is 2.16. The number of anilines is 2. The van der Waals surface area contributed by atoms with E-state index in [2.05, 4.69) is 38.4 Å². The van der Waals surface area contributed by atoms with Gasteiger partial charge < -0.3 is 10.1 Å². The van der Waals surface area contributed by atoms with E-state index in [0.717, 1.165) is 22.8 Å². The number of methoxy groups -OCH3 is 1. The quantitative estimate of drug-likeness (QED) is 0.456. The van der Waals surface area contributed by atoms with Crippen LogP contribution in [-0.4, -0.2) is 27.4 Å². The Labute approximate surface area is 170 Å². The van der Waals surface area contributed by atoms with Crippen molar-refractivity contribution in [3.8, 4) is 11.3 Å². The maximum absolute atomic E-state index is 11.9. The number of imidazole rings is 1. The molecule has 28 heavy (non-hydrogen) atoms. The number of aromatic nitrogens is 3. The Balaban J connectivity index is 1.85. The van der Waals surface area contributed by atoms with Crippen LogP contribution in [0.1, 0.15) is 15.9 Å². The molecule has 0 fully saturated rings. The molecule has 2 aromatic carbocycles. The molecular formula is C21H17BrN4O2. The minimum atomic E-state index is -0.382. The number of carbonyl (C=O) groups is 1. The first-order valence-electron chi connectivity index (χ1n) is 8.61. The molecule has 6 nitrogen and oxygen atoms in total. The molecule has 0 saturated heterocycles. The zero-order chi connectivity index (χ0) is 19.7. The molecule has 7 heteroatoms. The van der Waals surface area contributed by atoms with Gasteiger partial charge in [-0.3, -0.25) is 4.40 Å². The number of aryl methyl sites for hydroxylation is 1. The summed E-state index contributed by atoms with van der Waals surface area (Å²) in [6.07, 6.45) is 3.56. The number of rotatable bonds is 4. The van der Waals surface area contributed by atoms with Crippen LogP contribution in [0.25, 0.3) is 16.9 Å². The molecule has 0 unspecified atom stereocenters. The minimum absolute atomic E-state index is 0.382. The summed E-state index contributed by atoms with van der Waals surface area (Å²) in [5.41, 5.74) is 4.90. The van der Waals surface area contributed by atoms with Crippen LogP contribution in [0.15, 0.2) is 65.5 Å². The number of halogens is 1. The number of hydrogen-bond donors (Lipinski definition) is 1. The highest BCUT2D eigenvalue weighted by Crippen LogP contribution is 2.32. The summed E-state index contributed by atoms with van der Waals surface area (Å²) in [7, 11) is 1.37. The second kappa shape index (κ2) is 7.44. The smallest absolute Gasteiger partial charge is 0.337 e. The van der Waals surface area contributed by atoms with E-state index in [9.17, 15) is 4.79 Å². The predicted octanol–water partition coefficient (Wildman–Crippen LogP) is 5.00. The Morgan fingerprint density at radius 1 is 1.18 bits per heavy atom. The number of nitrogens with one attached hydrogen (secondary N) is 1. The van der Waals surface area contributed by atoms with E-state index in [-0.39, 0.29) is 5.97 Å². The van der Waals surface area contributed by atoms with Gasteiger partial charge in [0.2, 0.25) is 0 Å². The maximum atomic E-state index is 11.9. The van der Waals surface area contributed by atoms with Crippen molar-refractivity contribution in [2.24, 2.45) is 0 Å². The van der Waals surface area contributed by atoms with Gasteiger partial charge in [-0.1, -0.05) is 35.9 Å². The van der Waals surface area contributed by atoms with E-state index in [1.807, 2.05) is 35.7 Å². The van der Waals surface area contributed by atoms with E-state index in [0.29, 0.717) is 15.8 Å². The summed E-state index contributed by atoms with van der Waals surface area (Å²) < 4.78 is 7.44. The van der Waals surface area contributed by atoms with Gasteiger partial charge in [0.25, 0.3) is 0 Å². The molecule has 2 heterocycles. The van der Waals surface area contributed by atoms with Crippen molar-refractivity contribution in [1.82, 2.24) is 14.4 Å². The Bertz CT molecular complexity index is 1170. The van der Waals surface area contributed by atoms with Gasteiger partial charge in [-0.05, 0) is 41.1 Å². The second-order valence-corrected chi connectivity index (χ2v) is 7.12. The molecular weight excluding hydrogens is 420 g/mol. The molecule has 0 aliphatic carbocycles. The van der Waals surface area contributed by atoms with Crippen molar-refractivity contribution in [3.05, 3.63) is 76.7 Å². The number of benzene rings is 2. The zero-order valence-electron chi connectivity index (χ0n) is 15.3. The highest BCUT2D eigenvalue weighted by atomic mass is 79.9. The molecule has 4 aromatic rings. The lowest BCUT2D eigenvalue weighted by Crippen LogP contribution is -2.03. The van der Waals surface area contributed by atoms with Crippen LogP contribution < -0.4 is 5.32 Å². The maximum Gasteiger partial charge on any atom is 0.337 e. The fourth-order valence-corrected chi connectivity index (χ4v) is 3.25. The molecule has 0 bridgehead atoms. The average Bonchev–Trinajstić information content (AvgIpc) is 3.06. The van der Waals surface area contributed by atoms with Crippen molar-refractivity contribution < 1.29 is 9.53 Å². The van der Waals surface area contributed by atoms with Gasteiger partial charge >= 0.3 is 5.97 Å². The number of nitrogens with zero attached hydrogens (tertiary/aromatic N) is 3. The van der Waals surface area contributed by atoms with Gasteiger partial charge in [0, 0.05) is 17.4 Å². The molecule has 0 amide bonds. The van der Waals surface area contributed by atoms with E-state index in [1.54, 1.807) is 24.4 Å². The lowest BCUT2D eigenvalue weighted by Gasteiger charge is -2.10. The summed E-state index contributed by atoms with van der Waals surface area (Å²) in [6, 6.07) is 15.3. The van der Waals surface area contributed by atoms with Crippen molar-refractivity contribution in [2.45, 2.75) is 6.92 Å². The van der Waals surface area contributed by atoms with Gasteiger partial charge in [-0.2, -0.15) is 0 Å². The van der Waals surface area contributed by atoms with Crippen molar-refractivity contribution in [3.63, 3.8) is 0 Å². The molecule has 0 radical (unpaired) electrons. The zero-order valence-corrected chi connectivity index (χ0v) is 16.9. The molecule has 1 N–H and O–H groups in total. The Morgan fingerprint density at radius 2 is 1.96 bits per heavy atom. The van der Waals surface area contributed by atoms with Crippen molar-refractivity contribution >= 4 is 39.1 Å². The monoisotopic (exact) mass is 436 g/mol.